The second-order valence-electron chi connectivity index (χ2n) is 7.72. The Bertz CT molecular complexity index is 595. The molecule has 3 aliphatic rings. The van der Waals surface area contributed by atoms with E-state index in [1.165, 1.54) is 24.1 Å². The first-order chi connectivity index (χ1) is 11.6. The van der Waals surface area contributed by atoms with E-state index in [4.69, 9.17) is 14.7 Å². The SMILES string of the molecule is CC(O)(CNc1nc(C2CC2)nc2c1CCC2)CN1CCOCC1. The number of aryl methyl sites for hydroxylation is 1. The van der Waals surface area contributed by atoms with E-state index < -0.39 is 5.60 Å². The average molecular weight is 332 g/mol. The van der Waals surface area contributed by atoms with Crippen molar-refractivity contribution in [2.75, 3.05) is 44.7 Å². The van der Waals surface area contributed by atoms with Crippen LogP contribution in [0.5, 0.6) is 0 Å². The number of morpholine rings is 1. The molecule has 0 amide bonds. The first-order valence-corrected chi connectivity index (χ1v) is 9.27. The van der Waals surface area contributed by atoms with Crippen molar-refractivity contribution in [3.05, 3.63) is 17.1 Å². The Morgan fingerprint density at radius 2 is 2.04 bits per heavy atom. The summed E-state index contributed by atoms with van der Waals surface area (Å²) in [6, 6.07) is 0. The zero-order valence-corrected chi connectivity index (χ0v) is 14.6. The van der Waals surface area contributed by atoms with Crippen molar-refractivity contribution in [2.24, 2.45) is 0 Å². The molecule has 0 radical (unpaired) electrons. The van der Waals surface area contributed by atoms with Gasteiger partial charge in [-0.3, -0.25) is 4.90 Å². The first kappa shape index (κ1) is 16.2. The van der Waals surface area contributed by atoms with E-state index in [0.29, 0.717) is 19.0 Å². The third kappa shape index (κ3) is 3.71. The minimum atomic E-state index is -0.784. The van der Waals surface area contributed by atoms with Crippen LogP contribution in [-0.2, 0) is 17.6 Å². The van der Waals surface area contributed by atoms with E-state index in [1.54, 1.807) is 0 Å². The fourth-order valence-corrected chi connectivity index (χ4v) is 3.69. The van der Waals surface area contributed by atoms with Gasteiger partial charge in [0.25, 0.3) is 0 Å². The van der Waals surface area contributed by atoms with Gasteiger partial charge < -0.3 is 15.2 Å². The molecule has 1 saturated heterocycles. The highest BCUT2D eigenvalue weighted by Crippen LogP contribution is 2.40. The van der Waals surface area contributed by atoms with Gasteiger partial charge in [-0.1, -0.05) is 0 Å². The zero-order chi connectivity index (χ0) is 16.6. The number of hydrogen-bond acceptors (Lipinski definition) is 6. The number of hydrogen-bond donors (Lipinski definition) is 2. The van der Waals surface area contributed by atoms with Crippen LogP contribution in [0.4, 0.5) is 5.82 Å². The highest BCUT2D eigenvalue weighted by molar-refractivity contribution is 5.49. The van der Waals surface area contributed by atoms with Crippen molar-refractivity contribution in [3.8, 4) is 0 Å². The predicted octanol–water partition coefficient (Wildman–Crippen LogP) is 1.34. The van der Waals surface area contributed by atoms with E-state index in [9.17, 15) is 5.11 Å². The molecular formula is C18H28N4O2. The number of nitrogens with one attached hydrogen (secondary N) is 1. The fourth-order valence-electron chi connectivity index (χ4n) is 3.69. The van der Waals surface area contributed by atoms with Crippen LogP contribution in [-0.4, -0.2) is 65.0 Å². The van der Waals surface area contributed by atoms with E-state index in [0.717, 1.165) is 57.2 Å². The summed E-state index contributed by atoms with van der Waals surface area (Å²) in [6.07, 6.45) is 5.71. The molecule has 1 aromatic rings. The van der Waals surface area contributed by atoms with Crippen LogP contribution in [0.25, 0.3) is 0 Å². The molecule has 1 aromatic heterocycles. The van der Waals surface area contributed by atoms with E-state index in [1.807, 2.05) is 6.92 Å². The standard InChI is InChI=1S/C18H28N4O2/c1-18(23,12-22-7-9-24-10-8-22)11-19-17-14-3-2-4-15(14)20-16(21-17)13-5-6-13/h13,23H,2-12H2,1H3,(H,19,20,21). The number of ether oxygens (including phenoxy) is 1. The molecule has 0 aromatic carbocycles. The molecular weight excluding hydrogens is 304 g/mol. The van der Waals surface area contributed by atoms with Gasteiger partial charge in [0, 0.05) is 43.4 Å². The summed E-state index contributed by atoms with van der Waals surface area (Å²) in [5.41, 5.74) is 1.71. The molecule has 6 heteroatoms. The Morgan fingerprint density at radius 1 is 1.25 bits per heavy atom. The molecule has 2 aliphatic carbocycles. The van der Waals surface area contributed by atoms with Crippen LogP contribution in [0.15, 0.2) is 0 Å². The van der Waals surface area contributed by atoms with Gasteiger partial charge in [-0.05, 0) is 39.0 Å². The quantitative estimate of drug-likeness (QED) is 0.819. The summed E-state index contributed by atoms with van der Waals surface area (Å²) in [6.45, 7) is 6.37. The maximum Gasteiger partial charge on any atom is 0.134 e. The zero-order valence-electron chi connectivity index (χ0n) is 14.6. The lowest BCUT2D eigenvalue weighted by molar-refractivity contribution is -0.0164. The Labute approximate surface area is 143 Å². The highest BCUT2D eigenvalue weighted by Gasteiger charge is 2.31. The first-order valence-electron chi connectivity index (χ1n) is 9.27. The van der Waals surface area contributed by atoms with Crippen molar-refractivity contribution < 1.29 is 9.84 Å². The smallest absolute Gasteiger partial charge is 0.134 e. The molecule has 0 spiro atoms. The van der Waals surface area contributed by atoms with Gasteiger partial charge >= 0.3 is 0 Å². The van der Waals surface area contributed by atoms with Crippen molar-refractivity contribution in [2.45, 2.75) is 50.5 Å². The average Bonchev–Trinajstić information content (AvgIpc) is 3.31. The Balaban J connectivity index is 1.43. The normalized spacial score (nSPS) is 23.8. The van der Waals surface area contributed by atoms with E-state index in [-0.39, 0.29) is 0 Å². The molecule has 2 heterocycles. The molecule has 1 unspecified atom stereocenters. The number of aromatic nitrogens is 2. The molecule has 132 valence electrons. The van der Waals surface area contributed by atoms with Crippen molar-refractivity contribution in [1.29, 1.82) is 0 Å². The molecule has 2 N–H and O–H groups in total. The van der Waals surface area contributed by atoms with E-state index >= 15 is 0 Å². The Hall–Kier alpha value is -1.24. The summed E-state index contributed by atoms with van der Waals surface area (Å²) in [5, 5.41) is 14.2. The maximum absolute atomic E-state index is 10.8. The van der Waals surface area contributed by atoms with Gasteiger partial charge in [-0.25, -0.2) is 9.97 Å². The maximum atomic E-state index is 10.8. The largest absolute Gasteiger partial charge is 0.387 e. The molecule has 1 saturated carbocycles. The van der Waals surface area contributed by atoms with Gasteiger partial charge in [0.2, 0.25) is 0 Å². The Kier molecular flexibility index (Phi) is 4.45. The molecule has 1 atom stereocenters. The third-order valence-electron chi connectivity index (χ3n) is 5.20. The number of rotatable bonds is 6. The number of aliphatic hydroxyl groups is 1. The Morgan fingerprint density at radius 3 is 2.79 bits per heavy atom. The van der Waals surface area contributed by atoms with E-state index in [2.05, 4.69) is 10.2 Å². The van der Waals surface area contributed by atoms with Crippen LogP contribution in [0, 0.1) is 0 Å². The highest BCUT2D eigenvalue weighted by atomic mass is 16.5. The van der Waals surface area contributed by atoms with Crippen LogP contribution in [0.2, 0.25) is 0 Å². The van der Waals surface area contributed by atoms with Crippen molar-refractivity contribution in [3.63, 3.8) is 0 Å². The number of nitrogens with zero attached hydrogens (tertiary/aromatic N) is 3. The summed E-state index contributed by atoms with van der Waals surface area (Å²) >= 11 is 0. The van der Waals surface area contributed by atoms with Gasteiger partial charge in [0.05, 0.1) is 18.8 Å². The number of anilines is 1. The van der Waals surface area contributed by atoms with Crippen molar-refractivity contribution >= 4 is 5.82 Å². The second kappa shape index (κ2) is 6.58. The van der Waals surface area contributed by atoms with Crippen molar-refractivity contribution in [1.82, 2.24) is 14.9 Å². The monoisotopic (exact) mass is 332 g/mol. The molecule has 1 aliphatic heterocycles. The summed E-state index contributed by atoms with van der Waals surface area (Å²) < 4.78 is 5.38. The topological polar surface area (TPSA) is 70.5 Å². The van der Waals surface area contributed by atoms with Gasteiger partial charge in [0.1, 0.15) is 11.6 Å². The van der Waals surface area contributed by atoms with Gasteiger partial charge in [-0.15, -0.1) is 0 Å². The summed E-state index contributed by atoms with van der Waals surface area (Å²) in [4.78, 5) is 11.8. The lowest BCUT2D eigenvalue weighted by atomic mass is 10.1. The number of β-amino-alcohol motifs (C(OH)–C–C–N with tert-alkyl or cyclic N) is 1. The third-order valence-corrected chi connectivity index (χ3v) is 5.20. The lowest BCUT2D eigenvalue weighted by Gasteiger charge is -2.34. The van der Waals surface area contributed by atoms with Crippen LogP contribution >= 0.6 is 0 Å². The molecule has 2 fully saturated rings. The molecule has 0 bridgehead atoms. The summed E-state index contributed by atoms with van der Waals surface area (Å²) in [5.74, 6) is 2.53. The molecule has 6 nitrogen and oxygen atoms in total. The van der Waals surface area contributed by atoms with Crippen LogP contribution in [0.1, 0.15) is 49.2 Å². The van der Waals surface area contributed by atoms with Gasteiger partial charge in [-0.2, -0.15) is 0 Å². The van der Waals surface area contributed by atoms with Gasteiger partial charge in [0.15, 0.2) is 0 Å². The minimum absolute atomic E-state index is 0.512. The fraction of sp³-hybridized carbons (Fsp3) is 0.778. The number of fused-ring (bicyclic) bond motifs is 1. The molecule has 24 heavy (non-hydrogen) atoms. The second-order valence-corrected chi connectivity index (χ2v) is 7.72. The minimum Gasteiger partial charge on any atom is -0.387 e. The van der Waals surface area contributed by atoms with Crippen LogP contribution in [0.3, 0.4) is 0 Å². The summed E-state index contributed by atoms with van der Waals surface area (Å²) in [7, 11) is 0. The molecule has 4 rings (SSSR count). The predicted molar refractivity (Wildman–Crippen MR) is 92.4 cm³/mol. The van der Waals surface area contributed by atoms with Crippen LogP contribution < -0.4 is 5.32 Å². The lowest BCUT2D eigenvalue weighted by Crippen LogP contribution is -2.49.